The molecule has 0 saturated heterocycles. The Labute approximate surface area is 131 Å². The molecule has 0 atom stereocenters. The number of aryl methyl sites for hydroxylation is 1. The molecule has 7 heteroatoms. The summed E-state index contributed by atoms with van der Waals surface area (Å²) in [6.45, 7) is 2.46. The summed E-state index contributed by atoms with van der Waals surface area (Å²) >= 11 is 3.30. The molecule has 0 radical (unpaired) electrons. The van der Waals surface area contributed by atoms with Crippen LogP contribution in [0.5, 0.6) is 0 Å². The summed E-state index contributed by atoms with van der Waals surface area (Å²) in [5, 5.41) is 14.2. The third-order valence-electron chi connectivity index (χ3n) is 3.15. The second-order valence-electron chi connectivity index (χ2n) is 4.69. The Morgan fingerprint density at radius 3 is 2.95 bits per heavy atom. The fourth-order valence-corrected chi connectivity index (χ4v) is 2.58. The second-order valence-corrected chi connectivity index (χ2v) is 5.48. The van der Waals surface area contributed by atoms with E-state index < -0.39 is 0 Å². The van der Waals surface area contributed by atoms with Gasteiger partial charge in [0.2, 0.25) is 0 Å². The van der Waals surface area contributed by atoms with Crippen molar-refractivity contribution in [2.45, 2.75) is 25.9 Å². The predicted octanol–water partition coefficient (Wildman–Crippen LogP) is 3.12. The van der Waals surface area contributed by atoms with Gasteiger partial charge < -0.3 is 9.88 Å². The number of nitro benzene ring substituents is 1. The molecule has 0 aliphatic carbocycles. The fraction of sp³-hybridized carbons (Fsp3) is 0.357. The first-order valence-corrected chi connectivity index (χ1v) is 7.56. The number of nitro groups is 1. The minimum Gasteiger partial charge on any atom is -0.337 e. The van der Waals surface area contributed by atoms with Crippen molar-refractivity contribution >= 4 is 21.6 Å². The van der Waals surface area contributed by atoms with Gasteiger partial charge in [-0.3, -0.25) is 10.1 Å². The highest BCUT2D eigenvalue weighted by Crippen LogP contribution is 2.28. The molecule has 0 aliphatic heterocycles. The molecular weight excluding hydrogens is 336 g/mol. The molecule has 0 fully saturated rings. The Morgan fingerprint density at radius 2 is 2.24 bits per heavy atom. The van der Waals surface area contributed by atoms with E-state index in [1.807, 2.05) is 18.6 Å². The smallest absolute Gasteiger partial charge is 0.283 e. The van der Waals surface area contributed by atoms with Crippen molar-refractivity contribution in [1.82, 2.24) is 14.9 Å². The van der Waals surface area contributed by atoms with Gasteiger partial charge in [0.15, 0.2) is 0 Å². The highest BCUT2D eigenvalue weighted by atomic mass is 79.9. The number of imidazole rings is 1. The van der Waals surface area contributed by atoms with Gasteiger partial charge in [-0.2, -0.15) is 0 Å². The predicted molar refractivity (Wildman–Crippen MR) is 84.0 cm³/mol. The zero-order chi connectivity index (χ0) is 15.1. The van der Waals surface area contributed by atoms with Gasteiger partial charge in [-0.25, -0.2) is 4.98 Å². The molecule has 0 saturated carbocycles. The molecule has 112 valence electrons. The van der Waals surface area contributed by atoms with E-state index in [1.54, 1.807) is 12.3 Å². The van der Waals surface area contributed by atoms with E-state index in [9.17, 15) is 10.1 Å². The molecule has 1 heterocycles. The minimum atomic E-state index is -0.376. The van der Waals surface area contributed by atoms with Crippen LogP contribution in [0.1, 0.15) is 18.4 Å². The number of unbranched alkanes of at least 4 members (excludes halogenated alkanes) is 1. The largest absolute Gasteiger partial charge is 0.337 e. The molecule has 1 aromatic carbocycles. The van der Waals surface area contributed by atoms with E-state index in [1.165, 1.54) is 6.07 Å². The standard InChI is InChI=1S/C14H17BrN4O2/c15-14-12(4-3-5-13(14)19(20)21)10-16-6-1-2-8-18-9-7-17-11-18/h3-5,7,9,11,16H,1-2,6,8,10H2. The van der Waals surface area contributed by atoms with Crippen molar-refractivity contribution in [3.8, 4) is 0 Å². The first-order chi connectivity index (χ1) is 10.2. The van der Waals surface area contributed by atoms with Crippen LogP contribution in [-0.4, -0.2) is 21.0 Å². The lowest BCUT2D eigenvalue weighted by molar-refractivity contribution is -0.385. The van der Waals surface area contributed by atoms with Crippen molar-refractivity contribution in [1.29, 1.82) is 0 Å². The van der Waals surface area contributed by atoms with Gasteiger partial charge in [-0.15, -0.1) is 0 Å². The van der Waals surface area contributed by atoms with Crippen LogP contribution in [0, 0.1) is 10.1 Å². The number of hydrogen-bond donors (Lipinski definition) is 1. The van der Waals surface area contributed by atoms with Crippen LogP contribution in [0.2, 0.25) is 0 Å². The Kier molecular flexibility index (Phi) is 5.89. The third kappa shape index (κ3) is 4.64. The summed E-state index contributed by atoms with van der Waals surface area (Å²) in [7, 11) is 0. The molecule has 0 aliphatic rings. The average Bonchev–Trinajstić information content (AvgIpc) is 2.97. The topological polar surface area (TPSA) is 73.0 Å². The van der Waals surface area contributed by atoms with Gasteiger partial charge in [0, 0.05) is 31.5 Å². The molecule has 0 spiro atoms. The summed E-state index contributed by atoms with van der Waals surface area (Å²) < 4.78 is 2.61. The zero-order valence-electron chi connectivity index (χ0n) is 11.5. The van der Waals surface area contributed by atoms with E-state index in [0.717, 1.165) is 31.5 Å². The van der Waals surface area contributed by atoms with E-state index in [0.29, 0.717) is 11.0 Å². The van der Waals surface area contributed by atoms with Crippen molar-refractivity contribution in [3.63, 3.8) is 0 Å². The molecule has 0 unspecified atom stereocenters. The molecule has 1 aromatic heterocycles. The summed E-state index contributed by atoms with van der Waals surface area (Å²) in [5.74, 6) is 0. The monoisotopic (exact) mass is 352 g/mol. The van der Waals surface area contributed by atoms with E-state index in [2.05, 4.69) is 30.8 Å². The van der Waals surface area contributed by atoms with Crippen LogP contribution in [0.4, 0.5) is 5.69 Å². The zero-order valence-corrected chi connectivity index (χ0v) is 13.1. The summed E-state index contributed by atoms with van der Waals surface area (Å²) in [6, 6.07) is 5.09. The third-order valence-corrected chi connectivity index (χ3v) is 4.07. The van der Waals surface area contributed by atoms with Crippen molar-refractivity contribution in [2.24, 2.45) is 0 Å². The Bertz CT molecular complexity index is 587. The lowest BCUT2D eigenvalue weighted by Crippen LogP contribution is -2.15. The Hall–Kier alpha value is -1.73. The van der Waals surface area contributed by atoms with Crippen molar-refractivity contribution in [2.75, 3.05) is 6.54 Å². The number of nitrogens with zero attached hydrogens (tertiary/aromatic N) is 3. The maximum absolute atomic E-state index is 10.8. The number of aromatic nitrogens is 2. The molecule has 0 amide bonds. The van der Waals surface area contributed by atoms with Crippen LogP contribution < -0.4 is 5.32 Å². The first kappa shape index (κ1) is 15.7. The number of halogens is 1. The SMILES string of the molecule is O=[N+]([O-])c1cccc(CNCCCCn2ccnc2)c1Br. The quantitative estimate of drug-likeness (QED) is 0.450. The van der Waals surface area contributed by atoms with E-state index in [-0.39, 0.29) is 10.6 Å². The molecule has 6 nitrogen and oxygen atoms in total. The van der Waals surface area contributed by atoms with Crippen molar-refractivity contribution < 1.29 is 4.92 Å². The highest BCUT2D eigenvalue weighted by molar-refractivity contribution is 9.10. The first-order valence-electron chi connectivity index (χ1n) is 6.76. The minimum absolute atomic E-state index is 0.106. The van der Waals surface area contributed by atoms with Gasteiger partial charge in [-0.05, 0) is 40.9 Å². The molecule has 1 N–H and O–H groups in total. The lowest BCUT2D eigenvalue weighted by atomic mass is 10.2. The van der Waals surface area contributed by atoms with Crippen molar-refractivity contribution in [3.05, 3.63) is 57.1 Å². The van der Waals surface area contributed by atoms with Gasteiger partial charge >= 0.3 is 0 Å². The number of benzene rings is 1. The number of nitrogens with one attached hydrogen (secondary N) is 1. The summed E-state index contributed by atoms with van der Waals surface area (Å²) in [6.07, 6.45) is 7.66. The van der Waals surface area contributed by atoms with Crippen LogP contribution in [0.3, 0.4) is 0 Å². The van der Waals surface area contributed by atoms with E-state index >= 15 is 0 Å². The fourth-order valence-electron chi connectivity index (χ4n) is 2.03. The Balaban J connectivity index is 1.71. The van der Waals surface area contributed by atoms with Gasteiger partial charge in [0.05, 0.1) is 15.7 Å². The van der Waals surface area contributed by atoms with Gasteiger partial charge in [0.1, 0.15) is 0 Å². The Morgan fingerprint density at radius 1 is 1.38 bits per heavy atom. The molecule has 2 rings (SSSR count). The molecular formula is C14H17BrN4O2. The summed E-state index contributed by atoms with van der Waals surface area (Å²) in [5.41, 5.74) is 1.01. The lowest BCUT2D eigenvalue weighted by Gasteiger charge is -2.07. The normalized spacial score (nSPS) is 10.7. The summed E-state index contributed by atoms with van der Waals surface area (Å²) in [4.78, 5) is 14.5. The van der Waals surface area contributed by atoms with Gasteiger partial charge in [0.25, 0.3) is 5.69 Å². The van der Waals surface area contributed by atoms with Crippen LogP contribution in [0.15, 0.2) is 41.4 Å². The number of hydrogen-bond acceptors (Lipinski definition) is 4. The highest BCUT2D eigenvalue weighted by Gasteiger charge is 2.14. The molecule has 0 bridgehead atoms. The molecule has 2 aromatic rings. The maximum Gasteiger partial charge on any atom is 0.283 e. The maximum atomic E-state index is 10.8. The van der Waals surface area contributed by atoms with E-state index in [4.69, 9.17) is 0 Å². The van der Waals surface area contributed by atoms with Crippen LogP contribution in [-0.2, 0) is 13.1 Å². The second kappa shape index (κ2) is 7.90. The van der Waals surface area contributed by atoms with Crippen LogP contribution >= 0.6 is 15.9 Å². The average molecular weight is 353 g/mol. The van der Waals surface area contributed by atoms with Gasteiger partial charge in [-0.1, -0.05) is 12.1 Å². The van der Waals surface area contributed by atoms with Crippen LogP contribution in [0.25, 0.3) is 0 Å². The number of rotatable bonds is 8. The molecule has 21 heavy (non-hydrogen) atoms.